The average Bonchev–Trinajstić information content (AvgIpc) is 2.50. The Balaban J connectivity index is 2.06. The first-order valence-electron chi connectivity index (χ1n) is 4.90. The van der Waals surface area contributed by atoms with Crippen LogP contribution in [-0.2, 0) is 4.79 Å². The van der Waals surface area contributed by atoms with E-state index in [4.69, 9.17) is 5.73 Å². The van der Waals surface area contributed by atoms with E-state index >= 15 is 0 Å². The van der Waals surface area contributed by atoms with Crippen molar-refractivity contribution in [3.8, 4) is 0 Å². The molecule has 5 heteroatoms. The highest BCUT2D eigenvalue weighted by molar-refractivity contribution is 5.86. The number of likely N-dealkylation sites (tertiary alicyclic amines) is 1. The molecule has 3 N–H and O–H groups in total. The number of anilines is 2. The Morgan fingerprint density at radius 2 is 2.47 bits per heavy atom. The predicted octanol–water partition coefficient (Wildman–Crippen LogP) is 0.306. The largest absolute Gasteiger partial charge is 0.384 e. The summed E-state index contributed by atoms with van der Waals surface area (Å²) in [6.07, 6.45) is 2.46. The molecular weight excluding hydrogens is 192 g/mol. The molecule has 15 heavy (non-hydrogen) atoms. The molecular formula is C10H14N4O. The van der Waals surface area contributed by atoms with Crippen molar-refractivity contribution >= 4 is 17.4 Å². The fraction of sp³-hybridized carbons (Fsp3) is 0.400. The van der Waals surface area contributed by atoms with Crippen LogP contribution in [-0.4, -0.2) is 35.4 Å². The molecule has 0 aromatic carbocycles. The molecule has 0 bridgehead atoms. The molecule has 1 aliphatic heterocycles. The quantitative estimate of drug-likeness (QED) is 0.730. The Morgan fingerprint density at radius 3 is 3.07 bits per heavy atom. The number of likely N-dealkylation sites (N-methyl/N-ethyl adjacent to an activating group) is 1. The minimum absolute atomic E-state index is 0.128. The molecule has 0 radical (unpaired) electrons. The van der Waals surface area contributed by atoms with Crippen molar-refractivity contribution in [3.05, 3.63) is 18.3 Å². The first kappa shape index (κ1) is 9.76. The summed E-state index contributed by atoms with van der Waals surface area (Å²) < 4.78 is 0. The van der Waals surface area contributed by atoms with E-state index in [2.05, 4.69) is 10.3 Å². The van der Waals surface area contributed by atoms with Gasteiger partial charge in [-0.2, -0.15) is 0 Å². The van der Waals surface area contributed by atoms with Gasteiger partial charge in [-0.1, -0.05) is 0 Å². The lowest BCUT2D eigenvalue weighted by Gasteiger charge is -2.13. The molecule has 1 saturated heterocycles. The summed E-state index contributed by atoms with van der Waals surface area (Å²) in [6.45, 7) is 0.803. The number of hydrogen-bond acceptors (Lipinski definition) is 4. The third-order valence-electron chi connectivity index (χ3n) is 2.55. The second-order valence-electron chi connectivity index (χ2n) is 3.71. The fourth-order valence-electron chi connectivity index (χ4n) is 1.70. The van der Waals surface area contributed by atoms with E-state index in [0.717, 1.165) is 18.7 Å². The highest BCUT2D eigenvalue weighted by Crippen LogP contribution is 2.16. The Kier molecular flexibility index (Phi) is 2.45. The van der Waals surface area contributed by atoms with Crippen molar-refractivity contribution in [2.24, 2.45) is 0 Å². The van der Waals surface area contributed by atoms with Gasteiger partial charge in [0.25, 0.3) is 0 Å². The van der Waals surface area contributed by atoms with Gasteiger partial charge in [-0.25, -0.2) is 4.98 Å². The number of nitrogen functional groups attached to an aromatic ring is 1. The number of nitrogens with zero attached hydrogens (tertiary/aromatic N) is 2. The van der Waals surface area contributed by atoms with Crippen LogP contribution in [0, 0.1) is 0 Å². The maximum Gasteiger partial charge on any atom is 0.244 e. The molecule has 1 fully saturated rings. The van der Waals surface area contributed by atoms with Gasteiger partial charge in [0.2, 0.25) is 5.91 Å². The molecule has 0 saturated carbocycles. The Labute approximate surface area is 88.3 Å². The van der Waals surface area contributed by atoms with Crippen LogP contribution in [0.5, 0.6) is 0 Å². The first-order valence-corrected chi connectivity index (χ1v) is 4.90. The predicted molar refractivity (Wildman–Crippen MR) is 58.3 cm³/mol. The lowest BCUT2D eigenvalue weighted by atomic mass is 10.2. The van der Waals surface area contributed by atoms with E-state index in [0.29, 0.717) is 5.82 Å². The third-order valence-corrected chi connectivity index (χ3v) is 2.55. The van der Waals surface area contributed by atoms with Gasteiger partial charge in [0.15, 0.2) is 0 Å². The standard InChI is InChI=1S/C10H14N4O/c1-14-5-3-8(10(14)15)13-7-2-4-12-9(11)6-7/h2,4,6,8H,3,5H2,1H3,(H3,11,12,13). The molecule has 5 nitrogen and oxygen atoms in total. The maximum atomic E-state index is 11.6. The summed E-state index contributed by atoms with van der Waals surface area (Å²) >= 11 is 0. The number of amides is 1. The van der Waals surface area contributed by atoms with Gasteiger partial charge in [0.05, 0.1) is 0 Å². The smallest absolute Gasteiger partial charge is 0.244 e. The van der Waals surface area contributed by atoms with Crippen molar-refractivity contribution in [1.82, 2.24) is 9.88 Å². The monoisotopic (exact) mass is 206 g/mol. The Morgan fingerprint density at radius 1 is 1.67 bits per heavy atom. The zero-order chi connectivity index (χ0) is 10.8. The molecule has 1 amide bonds. The van der Waals surface area contributed by atoms with Gasteiger partial charge >= 0.3 is 0 Å². The SMILES string of the molecule is CN1CCC(Nc2ccnc(N)c2)C1=O. The van der Waals surface area contributed by atoms with E-state index in [1.807, 2.05) is 13.1 Å². The van der Waals surface area contributed by atoms with E-state index < -0.39 is 0 Å². The highest BCUT2D eigenvalue weighted by atomic mass is 16.2. The van der Waals surface area contributed by atoms with Gasteiger partial charge in [-0.3, -0.25) is 4.79 Å². The Hall–Kier alpha value is -1.78. The van der Waals surface area contributed by atoms with Gasteiger partial charge in [0, 0.05) is 31.5 Å². The topological polar surface area (TPSA) is 71.2 Å². The number of carbonyl (C=O) groups excluding carboxylic acids is 1. The van der Waals surface area contributed by atoms with E-state index in [1.165, 1.54) is 0 Å². The number of carbonyl (C=O) groups is 1. The molecule has 0 aliphatic carbocycles. The number of rotatable bonds is 2. The summed E-state index contributed by atoms with van der Waals surface area (Å²) in [5.74, 6) is 0.587. The zero-order valence-electron chi connectivity index (χ0n) is 8.60. The molecule has 1 atom stereocenters. The normalized spacial score (nSPS) is 20.7. The summed E-state index contributed by atoms with van der Waals surface area (Å²) in [7, 11) is 1.81. The van der Waals surface area contributed by atoms with Crippen molar-refractivity contribution in [2.75, 3.05) is 24.6 Å². The summed E-state index contributed by atoms with van der Waals surface area (Å²) in [4.78, 5) is 17.2. The van der Waals surface area contributed by atoms with Gasteiger partial charge in [-0.15, -0.1) is 0 Å². The minimum Gasteiger partial charge on any atom is -0.384 e. The first-order chi connectivity index (χ1) is 7.16. The van der Waals surface area contributed by atoms with E-state index in [1.54, 1.807) is 17.2 Å². The summed E-state index contributed by atoms with van der Waals surface area (Å²) in [5, 5.41) is 3.15. The van der Waals surface area contributed by atoms with Crippen molar-refractivity contribution in [1.29, 1.82) is 0 Å². The number of aromatic nitrogens is 1. The van der Waals surface area contributed by atoms with E-state index in [-0.39, 0.29) is 11.9 Å². The van der Waals surface area contributed by atoms with Gasteiger partial charge < -0.3 is 16.0 Å². The lowest BCUT2D eigenvalue weighted by molar-refractivity contribution is -0.127. The van der Waals surface area contributed by atoms with Crippen LogP contribution in [0.25, 0.3) is 0 Å². The van der Waals surface area contributed by atoms with Crippen LogP contribution < -0.4 is 11.1 Å². The molecule has 1 aromatic heterocycles. The van der Waals surface area contributed by atoms with Crippen LogP contribution in [0.4, 0.5) is 11.5 Å². The van der Waals surface area contributed by atoms with Crippen LogP contribution in [0.3, 0.4) is 0 Å². The van der Waals surface area contributed by atoms with E-state index in [9.17, 15) is 4.79 Å². The molecule has 0 spiro atoms. The number of nitrogens with one attached hydrogen (secondary N) is 1. The Bertz CT molecular complexity index is 379. The molecule has 2 heterocycles. The molecule has 1 aliphatic rings. The average molecular weight is 206 g/mol. The number of hydrogen-bond donors (Lipinski definition) is 2. The van der Waals surface area contributed by atoms with Crippen LogP contribution in [0.15, 0.2) is 18.3 Å². The van der Waals surface area contributed by atoms with Crippen molar-refractivity contribution in [3.63, 3.8) is 0 Å². The number of pyridine rings is 1. The molecule has 1 aromatic rings. The second kappa shape index (κ2) is 3.76. The fourth-order valence-corrected chi connectivity index (χ4v) is 1.70. The van der Waals surface area contributed by atoms with Crippen molar-refractivity contribution in [2.45, 2.75) is 12.5 Å². The minimum atomic E-state index is -0.128. The summed E-state index contributed by atoms with van der Waals surface area (Å²) in [5.41, 5.74) is 6.39. The zero-order valence-corrected chi connectivity index (χ0v) is 8.60. The van der Waals surface area contributed by atoms with Crippen LogP contribution in [0.2, 0.25) is 0 Å². The number of nitrogens with two attached hydrogens (primary N) is 1. The van der Waals surface area contributed by atoms with Crippen LogP contribution >= 0.6 is 0 Å². The van der Waals surface area contributed by atoms with Gasteiger partial charge in [-0.05, 0) is 12.5 Å². The molecule has 2 rings (SSSR count). The maximum absolute atomic E-state index is 11.6. The van der Waals surface area contributed by atoms with Crippen molar-refractivity contribution < 1.29 is 4.79 Å². The van der Waals surface area contributed by atoms with Gasteiger partial charge in [0.1, 0.15) is 11.9 Å². The summed E-state index contributed by atoms with van der Waals surface area (Å²) in [6, 6.07) is 3.41. The molecule has 80 valence electrons. The van der Waals surface area contributed by atoms with Crippen LogP contribution in [0.1, 0.15) is 6.42 Å². The second-order valence-corrected chi connectivity index (χ2v) is 3.71. The lowest BCUT2D eigenvalue weighted by Crippen LogP contribution is -2.30. The highest BCUT2D eigenvalue weighted by Gasteiger charge is 2.28. The molecule has 1 unspecified atom stereocenters. The third kappa shape index (κ3) is 2.01.